The van der Waals surface area contributed by atoms with E-state index in [0.717, 1.165) is 39.0 Å². The summed E-state index contributed by atoms with van der Waals surface area (Å²) in [5.41, 5.74) is 7.66. The first-order valence-electron chi connectivity index (χ1n) is 16.1. The van der Waals surface area contributed by atoms with Crippen molar-refractivity contribution in [2.24, 2.45) is 11.7 Å². The molecule has 12 heteroatoms. The first-order valence-corrected chi connectivity index (χ1v) is 16.1. The molecule has 3 aromatic rings. The second-order valence-corrected chi connectivity index (χ2v) is 11.8. The van der Waals surface area contributed by atoms with Gasteiger partial charge in [-0.1, -0.05) is 31.2 Å². The van der Waals surface area contributed by atoms with E-state index in [0.29, 0.717) is 72.5 Å². The Bertz CT molecular complexity index is 1450. The van der Waals surface area contributed by atoms with Gasteiger partial charge in [0.05, 0.1) is 24.5 Å². The van der Waals surface area contributed by atoms with Crippen molar-refractivity contribution in [2.45, 2.75) is 32.6 Å². The van der Waals surface area contributed by atoms with Gasteiger partial charge in [0.1, 0.15) is 11.5 Å². The smallest absolute Gasteiger partial charge is 0.259 e. The van der Waals surface area contributed by atoms with Crippen LogP contribution in [0.15, 0.2) is 72.8 Å². The Morgan fingerprint density at radius 3 is 2.17 bits per heavy atom. The van der Waals surface area contributed by atoms with Gasteiger partial charge >= 0.3 is 0 Å². The molecule has 0 spiro atoms. The van der Waals surface area contributed by atoms with E-state index in [9.17, 15) is 14.4 Å². The van der Waals surface area contributed by atoms with Gasteiger partial charge in [0.2, 0.25) is 5.91 Å². The van der Waals surface area contributed by atoms with Gasteiger partial charge in [-0.3, -0.25) is 14.4 Å². The molecule has 0 aliphatic carbocycles. The number of halogens is 2. The molecule has 3 aromatic carbocycles. The molecule has 1 heterocycles. The van der Waals surface area contributed by atoms with Crippen molar-refractivity contribution in [1.29, 1.82) is 0 Å². The Hall–Kier alpha value is -3.83. The van der Waals surface area contributed by atoms with Crippen LogP contribution in [0, 0.1) is 5.92 Å². The number of para-hydroxylation sites is 3. The van der Waals surface area contributed by atoms with Crippen molar-refractivity contribution in [3.8, 4) is 11.5 Å². The van der Waals surface area contributed by atoms with E-state index in [1.54, 1.807) is 54.4 Å². The summed E-state index contributed by atoms with van der Waals surface area (Å²) in [5.74, 6) is 1.17. The van der Waals surface area contributed by atoms with Crippen molar-refractivity contribution >= 4 is 53.9 Å². The average molecular weight is 703 g/mol. The van der Waals surface area contributed by atoms with Crippen molar-refractivity contribution in [3.63, 3.8) is 0 Å². The molecule has 3 N–H and O–H groups in total. The monoisotopic (exact) mass is 701 g/mol. The summed E-state index contributed by atoms with van der Waals surface area (Å²) in [4.78, 5) is 44.8. The third-order valence-electron chi connectivity index (χ3n) is 8.23. The summed E-state index contributed by atoms with van der Waals surface area (Å²) >= 11 is 0. The van der Waals surface area contributed by atoms with E-state index >= 15 is 0 Å². The lowest BCUT2D eigenvalue weighted by atomic mass is 10.0. The molecule has 1 atom stereocenters. The molecule has 1 aliphatic heterocycles. The van der Waals surface area contributed by atoms with Gasteiger partial charge in [0, 0.05) is 50.9 Å². The van der Waals surface area contributed by atoms with E-state index in [1.165, 1.54) is 0 Å². The fourth-order valence-electron chi connectivity index (χ4n) is 5.20. The number of amides is 3. The number of rotatable bonds is 15. The lowest BCUT2D eigenvalue weighted by Gasteiger charge is -2.32. The Morgan fingerprint density at radius 2 is 1.48 bits per heavy atom. The van der Waals surface area contributed by atoms with Crippen molar-refractivity contribution in [3.05, 3.63) is 83.9 Å². The highest BCUT2D eigenvalue weighted by atomic mass is 35.5. The molecular weight excluding hydrogens is 653 g/mol. The Kier molecular flexibility index (Phi) is 17.2. The number of nitrogens with two attached hydrogens (primary N) is 1. The van der Waals surface area contributed by atoms with Gasteiger partial charge in [0.25, 0.3) is 11.8 Å². The van der Waals surface area contributed by atoms with Crippen LogP contribution in [0.5, 0.6) is 11.5 Å². The first-order chi connectivity index (χ1) is 22.3. The molecule has 1 unspecified atom stereocenters. The third-order valence-corrected chi connectivity index (χ3v) is 8.23. The summed E-state index contributed by atoms with van der Waals surface area (Å²) in [6.45, 7) is 7.03. The average Bonchev–Trinajstić information content (AvgIpc) is 3.07. The van der Waals surface area contributed by atoms with E-state index in [-0.39, 0.29) is 42.5 Å². The van der Waals surface area contributed by atoms with Crippen LogP contribution < -0.4 is 25.4 Å². The molecule has 0 radical (unpaired) electrons. The zero-order valence-corrected chi connectivity index (χ0v) is 29.7. The number of nitrogens with one attached hydrogen (secondary N) is 1. The van der Waals surface area contributed by atoms with Gasteiger partial charge < -0.3 is 35.2 Å². The zero-order valence-electron chi connectivity index (χ0n) is 28.1. The largest absolute Gasteiger partial charge is 0.493 e. The number of hydrogen-bond donors (Lipinski definition) is 2. The van der Waals surface area contributed by atoms with Crippen LogP contribution in [0.25, 0.3) is 0 Å². The van der Waals surface area contributed by atoms with E-state index in [4.69, 9.17) is 15.2 Å². The van der Waals surface area contributed by atoms with Crippen LogP contribution in [0.4, 0.5) is 11.4 Å². The Labute approximate surface area is 296 Å². The standard InChI is InChI=1S/C36H47N5O5.2ClH/c1-27(13-18-34(42)41-23-21-39(2)22-24-41)19-26-46-33-12-7-5-10-31(33)40(3)36(44)28-14-16-29(17-15-28)38-35(43)30-9-4-6-11-32(30)45-25-8-20-37;;/h4-7,9-12,14-17,27H,8,13,18-26,37H2,1-3H3,(H,38,43);2*1H. The summed E-state index contributed by atoms with van der Waals surface area (Å²) < 4.78 is 11.9. The molecule has 0 bridgehead atoms. The predicted molar refractivity (Wildman–Crippen MR) is 196 cm³/mol. The summed E-state index contributed by atoms with van der Waals surface area (Å²) in [5, 5.41) is 2.88. The second-order valence-electron chi connectivity index (χ2n) is 11.8. The molecule has 0 saturated carbocycles. The number of carbonyl (C=O) groups excluding carboxylic acids is 3. The number of piperazine rings is 1. The highest BCUT2D eigenvalue weighted by Crippen LogP contribution is 2.29. The predicted octanol–water partition coefficient (Wildman–Crippen LogP) is 5.75. The van der Waals surface area contributed by atoms with Gasteiger partial charge in [-0.2, -0.15) is 0 Å². The second kappa shape index (κ2) is 20.5. The lowest BCUT2D eigenvalue weighted by molar-refractivity contribution is -0.133. The third kappa shape index (κ3) is 11.7. The van der Waals surface area contributed by atoms with E-state index in [1.807, 2.05) is 35.2 Å². The minimum atomic E-state index is -0.304. The fourth-order valence-corrected chi connectivity index (χ4v) is 5.20. The zero-order chi connectivity index (χ0) is 32.9. The molecular formula is C36H49Cl2N5O5. The molecule has 1 saturated heterocycles. The molecule has 10 nitrogen and oxygen atoms in total. The van der Waals surface area contributed by atoms with Crippen LogP contribution >= 0.6 is 24.8 Å². The molecule has 0 aromatic heterocycles. The van der Waals surface area contributed by atoms with Crippen molar-refractivity contribution < 1.29 is 23.9 Å². The minimum absolute atomic E-state index is 0. The summed E-state index contributed by atoms with van der Waals surface area (Å²) in [6.07, 6.45) is 2.87. The Morgan fingerprint density at radius 1 is 0.854 bits per heavy atom. The van der Waals surface area contributed by atoms with Crippen LogP contribution in [-0.2, 0) is 4.79 Å². The summed E-state index contributed by atoms with van der Waals surface area (Å²) in [7, 11) is 3.80. The SMILES string of the molecule is CC(CCOc1ccccc1N(C)C(=O)c1ccc(NC(=O)c2ccccc2OCCCN)cc1)CCC(=O)N1CCN(C)CC1.Cl.Cl. The molecule has 4 rings (SSSR count). The van der Waals surface area contributed by atoms with Gasteiger partial charge in [-0.25, -0.2) is 0 Å². The lowest BCUT2D eigenvalue weighted by Crippen LogP contribution is -2.47. The maximum Gasteiger partial charge on any atom is 0.259 e. The van der Waals surface area contributed by atoms with Crippen LogP contribution in [0.3, 0.4) is 0 Å². The fraction of sp³-hybridized carbons (Fsp3) is 0.417. The quantitative estimate of drug-likeness (QED) is 0.194. The molecule has 262 valence electrons. The molecule has 1 fully saturated rings. The number of likely N-dealkylation sites (N-methyl/N-ethyl adjacent to an activating group) is 1. The number of ether oxygens (including phenoxy) is 2. The highest BCUT2D eigenvalue weighted by Gasteiger charge is 2.21. The van der Waals surface area contributed by atoms with Crippen molar-refractivity contribution in [1.82, 2.24) is 9.80 Å². The number of carbonyl (C=O) groups is 3. The van der Waals surface area contributed by atoms with Gasteiger partial charge in [-0.05, 0) is 87.3 Å². The summed E-state index contributed by atoms with van der Waals surface area (Å²) in [6, 6.07) is 21.3. The van der Waals surface area contributed by atoms with Gasteiger partial charge in [-0.15, -0.1) is 24.8 Å². The number of benzene rings is 3. The molecule has 3 amide bonds. The highest BCUT2D eigenvalue weighted by molar-refractivity contribution is 6.08. The topological polar surface area (TPSA) is 117 Å². The molecule has 48 heavy (non-hydrogen) atoms. The maximum atomic E-state index is 13.4. The normalized spacial score (nSPS) is 13.4. The van der Waals surface area contributed by atoms with Crippen LogP contribution in [-0.4, -0.2) is 87.6 Å². The van der Waals surface area contributed by atoms with E-state index < -0.39 is 0 Å². The Balaban J connectivity index is 0.00000400. The number of hydrogen-bond acceptors (Lipinski definition) is 7. The number of anilines is 2. The van der Waals surface area contributed by atoms with Crippen LogP contribution in [0.2, 0.25) is 0 Å². The minimum Gasteiger partial charge on any atom is -0.493 e. The van der Waals surface area contributed by atoms with Crippen LogP contribution in [0.1, 0.15) is 53.3 Å². The maximum absolute atomic E-state index is 13.4. The van der Waals surface area contributed by atoms with Gasteiger partial charge in [0.15, 0.2) is 0 Å². The first kappa shape index (κ1) is 40.3. The van der Waals surface area contributed by atoms with E-state index in [2.05, 4.69) is 24.2 Å². The van der Waals surface area contributed by atoms with Crippen molar-refractivity contribution in [2.75, 3.05) is 70.2 Å². The molecule has 1 aliphatic rings. The number of nitrogens with zero attached hydrogens (tertiary/aromatic N) is 3.